The van der Waals surface area contributed by atoms with Crippen molar-refractivity contribution in [2.45, 2.75) is 25.0 Å². The molecule has 1 aliphatic carbocycles. The monoisotopic (exact) mass is 399 g/mol. The maximum Gasteiger partial charge on any atom is 0.319 e. The van der Waals surface area contributed by atoms with Crippen LogP contribution < -0.4 is 10.6 Å². The molecule has 0 aromatic heterocycles. The molecule has 1 unspecified atom stereocenters. The maximum absolute atomic E-state index is 12.9. The second-order valence-electron chi connectivity index (χ2n) is 7.11. The van der Waals surface area contributed by atoms with E-state index in [0.717, 1.165) is 18.4 Å². The molecule has 2 N–H and O–H groups in total. The van der Waals surface area contributed by atoms with Gasteiger partial charge in [-0.1, -0.05) is 23.7 Å². The Balaban J connectivity index is 1.37. The lowest BCUT2D eigenvalue weighted by atomic mass is 10.1. The number of urea groups is 1. The van der Waals surface area contributed by atoms with Crippen LogP contribution in [0.25, 0.3) is 0 Å². The Labute approximate surface area is 168 Å². The maximum atomic E-state index is 12.9. The summed E-state index contributed by atoms with van der Waals surface area (Å²) in [5, 5.41) is 6.33. The second kappa shape index (κ2) is 8.20. The van der Waals surface area contributed by atoms with E-state index >= 15 is 0 Å². The van der Waals surface area contributed by atoms with E-state index in [1.807, 2.05) is 24.3 Å². The molecule has 1 aliphatic heterocycles. The van der Waals surface area contributed by atoms with Crippen LogP contribution in [0.5, 0.6) is 0 Å². The van der Waals surface area contributed by atoms with Gasteiger partial charge in [-0.05, 0) is 54.8 Å². The van der Waals surface area contributed by atoms with Crippen LogP contribution in [0, 0.1) is 0 Å². The molecule has 2 aliphatic rings. The summed E-state index contributed by atoms with van der Waals surface area (Å²) in [5.74, 6) is -0.0451. The first kappa shape index (κ1) is 18.8. The first-order valence-corrected chi connectivity index (χ1v) is 9.80. The van der Waals surface area contributed by atoms with Crippen LogP contribution in [0.3, 0.4) is 0 Å². The number of ether oxygens (including phenoxy) is 1. The van der Waals surface area contributed by atoms with E-state index in [2.05, 4.69) is 10.6 Å². The number of hydrogen-bond acceptors (Lipinski definition) is 3. The third kappa shape index (κ3) is 4.64. The van der Waals surface area contributed by atoms with E-state index in [9.17, 15) is 9.59 Å². The fraction of sp³-hybridized carbons (Fsp3) is 0.333. The smallest absolute Gasteiger partial charge is 0.319 e. The number of rotatable bonds is 4. The Morgan fingerprint density at radius 2 is 1.75 bits per heavy atom. The van der Waals surface area contributed by atoms with Gasteiger partial charge in [0.1, 0.15) is 6.10 Å². The van der Waals surface area contributed by atoms with Crippen LogP contribution in [0.2, 0.25) is 5.02 Å². The number of carbonyl (C=O) groups excluding carboxylic acids is 2. The average molecular weight is 400 g/mol. The van der Waals surface area contributed by atoms with Crippen LogP contribution in [0.4, 0.5) is 10.5 Å². The highest BCUT2D eigenvalue weighted by Gasteiger charge is 2.26. The third-order valence-corrected chi connectivity index (χ3v) is 5.15. The number of amides is 3. The zero-order valence-electron chi connectivity index (χ0n) is 15.4. The van der Waals surface area contributed by atoms with E-state index in [0.29, 0.717) is 42.0 Å². The summed E-state index contributed by atoms with van der Waals surface area (Å²) in [4.78, 5) is 26.5. The predicted octanol–water partition coefficient (Wildman–Crippen LogP) is 3.84. The Kier molecular flexibility index (Phi) is 5.50. The summed E-state index contributed by atoms with van der Waals surface area (Å²) in [5.41, 5.74) is 2.25. The zero-order valence-corrected chi connectivity index (χ0v) is 16.1. The van der Waals surface area contributed by atoms with Crippen molar-refractivity contribution in [3.63, 3.8) is 0 Å². The van der Waals surface area contributed by atoms with E-state index in [4.69, 9.17) is 16.3 Å². The molecule has 1 saturated heterocycles. The van der Waals surface area contributed by atoms with E-state index in [1.165, 1.54) is 0 Å². The molecule has 2 aromatic carbocycles. The van der Waals surface area contributed by atoms with Crippen LogP contribution in [-0.4, -0.2) is 42.6 Å². The number of carbonyl (C=O) groups is 2. The van der Waals surface area contributed by atoms with Gasteiger partial charge in [-0.3, -0.25) is 4.79 Å². The number of nitrogens with zero attached hydrogens (tertiary/aromatic N) is 1. The van der Waals surface area contributed by atoms with E-state index < -0.39 is 0 Å². The van der Waals surface area contributed by atoms with Crippen molar-refractivity contribution < 1.29 is 14.3 Å². The van der Waals surface area contributed by atoms with Gasteiger partial charge in [0.25, 0.3) is 5.91 Å². The predicted molar refractivity (Wildman–Crippen MR) is 108 cm³/mol. The minimum absolute atomic E-state index is 0.0451. The number of benzene rings is 2. The number of halogens is 1. The lowest BCUT2D eigenvalue weighted by molar-refractivity contribution is -0.0228. The molecule has 146 valence electrons. The zero-order chi connectivity index (χ0) is 19.5. The molecular formula is C21H22ClN3O3. The summed E-state index contributed by atoms with van der Waals surface area (Å²) >= 11 is 5.95. The lowest BCUT2D eigenvalue weighted by Crippen LogP contribution is -2.42. The van der Waals surface area contributed by atoms with Crippen LogP contribution in [-0.2, 0) is 4.74 Å². The molecule has 0 radical (unpaired) electrons. The van der Waals surface area contributed by atoms with Gasteiger partial charge in [0.05, 0.1) is 13.2 Å². The third-order valence-electron chi connectivity index (χ3n) is 4.90. The van der Waals surface area contributed by atoms with Crippen LogP contribution in [0.1, 0.15) is 34.9 Å². The number of anilines is 1. The molecule has 0 bridgehead atoms. The SMILES string of the molecule is O=C(Nc1ccc(C(=O)N2CCOC(c3ccc(Cl)cc3)C2)cc1)NC1CC1. The molecule has 1 heterocycles. The van der Waals surface area contributed by atoms with E-state index in [-0.39, 0.29) is 18.0 Å². The van der Waals surface area contributed by atoms with Gasteiger partial charge >= 0.3 is 6.03 Å². The minimum Gasteiger partial charge on any atom is -0.370 e. The Hall–Kier alpha value is -2.57. The van der Waals surface area contributed by atoms with Gasteiger partial charge in [0.2, 0.25) is 0 Å². The first-order chi connectivity index (χ1) is 13.6. The molecule has 28 heavy (non-hydrogen) atoms. The summed E-state index contributed by atoms with van der Waals surface area (Å²) < 4.78 is 5.83. The fourth-order valence-electron chi connectivity index (χ4n) is 3.17. The van der Waals surface area contributed by atoms with E-state index in [1.54, 1.807) is 29.2 Å². The highest BCUT2D eigenvalue weighted by Crippen LogP contribution is 2.25. The number of morpholine rings is 1. The standard InChI is InChI=1S/C21H22ClN3O3/c22-16-5-1-14(2-6-16)19-13-25(11-12-28-19)20(26)15-3-7-17(8-4-15)23-21(27)24-18-9-10-18/h1-8,18-19H,9-13H2,(H2,23,24,27). The van der Waals surface area contributed by atoms with Crippen molar-refractivity contribution in [1.82, 2.24) is 10.2 Å². The Morgan fingerprint density at radius 1 is 1.04 bits per heavy atom. The topological polar surface area (TPSA) is 70.7 Å². The highest BCUT2D eigenvalue weighted by atomic mass is 35.5. The summed E-state index contributed by atoms with van der Waals surface area (Å²) in [6.45, 7) is 1.52. The van der Waals surface area contributed by atoms with Crippen molar-refractivity contribution >= 4 is 29.2 Å². The number of hydrogen-bond donors (Lipinski definition) is 2. The fourth-order valence-corrected chi connectivity index (χ4v) is 3.30. The molecule has 1 atom stereocenters. The summed E-state index contributed by atoms with van der Waals surface area (Å²) in [7, 11) is 0. The summed E-state index contributed by atoms with van der Waals surface area (Å²) in [6.07, 6.45) is 1.91. The van der Waals surface area contributed by atoms with Crippen LogP contribution in [0.15, 0.2) is 48.5 Å². The molecule has 3 amide bonds. The molecule has 1 saturated carbocycles. The van der Waals surface area contributed by atoms with Crippen molar-refractivity contribution in [2.75, 3.05) is 25.0 Å². The molecule has 6 nitrogen and oxygen atoms in total. The van der Waals surface area contributed by atoms with Gasteiger partial charge in [-0.15, -0.1) is 0 Å². The lowest BCUT2D eigenvalue weighted by Gasteiger charge is -2.33. The van der Waals surface area contributed by atoms with Crippen molar-refractivity contribution in [2.24, 2.45) is 0 Å². The van der Waals surface area contributed by atoms with Gasteiger partial charge in [0.15, 0.2) is 0 Å². The second-order valence-corrected chi connectivity index (χ2v) is 7.55. The quantitative estimate of drug-likeness (QED) is 0.820. The molecule has 2 fully saturated rings. The Bertz CT molecular complexity index is 850. The number of nitrogens with one attached hydrogen (secondary N) is 2. The molecular weight excluding hydrogens is 378 g/mol. The highest BCUT2D eigenvalue weighted by molar-refractivity contribution is 6.30. The average Bonchev–Trinajstić information content (AvgIpc) is 3.52. The van der Waals surface area contributed by atoms with Gasteiger partial charge < -0.3 is 20.3 Å². The van der Waals surface area contributed by atoms with Gasteiger partial charge in [-0.25, -0.2) is 4.79 Å². The first-order valence-electron chi connectivity index (χ1n) is 9.42. The van der Waals surface area contributed by atoms with Gasteiger partial charge in [0, 0.05) is 28.9 Å². The van der Waals surface area contributed by atoms with Crippen molar-refractivity contribution in [1.29, 1.82) is 0 Å². The van der Waals surface area contributed by atoms with Crippen molar-refractivity contribution in [3.05, 3.63) is 64.7 Å². The Morgan fingerprint density at radius 3 is 2.43 bits per heavy atom. The normalized spacial score (nSPS) is 19.2. The molecule has 7 heteroatoms. The minimum atomic E-state index is -0.208. The largest absolute Gasteiger partial charge is 0.370 e. The molecule has 0 spiro atoms. The van der Waals surface area contributed by atoms with Crippen LogP contribution >= 0.6 is 11.6 Å². The molecule has 2 aromatic rings. The summed E-state index contributed by atoms with van der Waals surface area (Å²) in [6, 6.07) is 14.6. The molecule has 4 rings (SSSR count). The van der Waals surface area contributed by atoms with Gasteiger partial charge in [-0.2, -0.15) is 0 Å². The van der Waals surface area contributed by atoms with Crippen molar-refractivity contribution in [3.8, 4) is 0 Å².